The molecule has 1 saturated carbocycles. The Kier molecular flexibility index (Phi) is 9.50. The molecule has 2 fully saturated rings. The van der Waals surface area contributed by atoms with Gasteiger partial charge in [0.15, 0.2) is 0 Å². The lowest BCUT2D eigenvalue weighted by Crippen LogP contribution is -2.68. The van der Waals surface area contributed by atoms with Crippen molar-refractivity contribution in [3.8, 4) is 0 Å². The minimum atomic E-state index is -1.27. The Balaban J connectivity index is 2.06. The molecule has 1 heterocycles. The predicted molar refractivity (Wildman–Crippen MR) is 135 cm³/mol. The number of halogens is 2. The van der Waals surface area contributed by atoms with Crippen LogP contribution >= 0.6 is 31.9 Å². The van der Waals surface area contributed by atoms with Gasteiger partial charge in [0.1, 0.15) is 5.41 Å². The van der Waals surface area contributed by atoms with Crippen LogP contribution in [0.1, 0.15) is 56.9 Å². The molecule has 182 valence electrons. The van der Waals surface area contributed by atoms with Crippen molar-refractivity contribution < 1.29 is 14.4 Å². The first-order valence-corrected chi connectivity index (χ1v) is 13.5. The Morgan fingerprint density at radius 3 is 1.76 bits per heavy atom. The van der Waals surface area contributed by atoms with Crippen LogP contribution in [0.15, 0.2) is 27.1 Å². The van der Waals surface area contributed by atoms with Gasteiger partial charge >= 0.3 is 6.03 Å². The van der Waals surface area contributed by atoms with Crippen molar-refractivity contribution >= 4 is 49.7 Å². The number of unbranched alkanes of at least 4 members (excludes halogenated alkanes) is 2. The number of benzene rings is 1. The molecule has 1 aromatic rings. The Morgan fingerprint density at radius 2 is 1.30 bits per heavy atom. The molecule has 9 heteroatoms. The molecule has 0 radical (unpaired) electrons. The molecule has 0 spiro atoms. The van der Waals surface area contributed by atoms with E-state index in [1.165, 1.54) is 9.80 Å². The molecule has 33 heavy (non-hydrogen) atoms. The molecular formula is C24H34Br2N4O3. The molecular weight excluding hydrogens is 552 g/mol. The Labute approximate surface area is 212 Å². The number of urea groups is 1. The van der Waals surface area contributed by atoms with Gasteiger partial charge in [-0.15, -0.1) is 0 Å². The highest BCUT2D eigenvalue weighted by atomic mass is 79.9. The van der Waals surface area contributed by atoms with Crippen molar-refractivity contribution in [1.82, 2.24) is 9.80 Å². The second-order valence-electron chi connectivity index (χ2n) is 9.09. The topological polar surface area (TPSA) is 110 Å². The molecule has 1 aromatic carbocycles. The van der Waals surface area contributed by atoms with Gasteiger partial charge in [0.25, 0.3) is 0 Å². The van der Waals surface area contributed by atoms with E-state index in [0.29, 0.717) is 38.8 Å². The lowest BCUT2D eigenvalue weighted by atomic mass is 9.67. The molecule has 4 N–H and O–H groups in total. The third-order valence-corrected chi connectivity index (χ3v) is 7.76. The van der Waals surface area contributed by atoms with Crippen LogP contribution in [0.4, 0.5) is 4.79 Å². The zero-order chi connectivity index (χ0) is 24.0. The first kappa shape index (κ1) is 26.3. The maximum Gasteiger partial charge on any atom is 0.333 e. The number of barbiturate groups is 1. The number of hydrogen-bond acceptors (Lipinski definition) is 5. The van der Waals surface area contributed by atoms with Crippen LogP contribution in [-0.2, 0) is 16.0 Å². The monoisotopic (exact) mass is 584 g/mol. The van der Waals surface area contributed by atoms with Crippen molar-refractivity contribution in [2.75, 3.05) is 26.2 Å². The number of amides is 4. The van der Waals surface area contributed by atoms with Gasteiger partial charge in [-0.2, -0.15) is 0 Å². The summed E-state index contributed by atoms with van der Waals surface area (Å²) in [6.45, 7) is 1.56. The number of carbonyl (C=O) groups excluding carboxylic acids is 3. The standard InChI is InChI=1S/C24H34Br2N4O3/c25-19-13-17(14-20(26)15-19)16-24(18-7-1-2-8-18)21(31)29(11-5-3-9-27)23(33)30(22(24)32)12-6-4-10-28/h13-15,18H,1-12,16,27-28H2. The molecule has 4 amide bonds. The first-order valence-electron chi connectivity index (χ1n) is 11.9. The van der Waals surface area contributed by atoms with Gasteiger partial charge in [-0.05, 0) is 87.7 Å². The summed E-state index contributed by atoms with van der Waals surface area (Å²) in [6.07, 6.45) is 6.57. The molecule has 7 nitrogen and oxygen atoms in total. The van der Waals surface area contributed by atoms with Crippen LogP contribution in [0.2, 0.25) is 0 Å². The van der Waals surface area contributed by atoms with Crippen molar-refractivity contribution in [2.24, 2.45) is 22.8 Å². The second kappa shape index (κ2) is 11.9. The summed E-state index contributed by atoms with van der Waals surface area (Å²) in [4.78, 5) is 44.1. The number of rotatable bonds is 11. The van der Waals surface area contributed by atoms with E-state index in [9.17, 15) is 14.4 Å². The Hall–Kier alpha value is -1.29. The van der Waals surface area contributed by atoms with Gasteiger partial charge in [-0.1, -0.05) is 44.7 Å². The van der Waals surface area contributed by atoms with E-state index >= 15 is 0 Å². The highest BCUT2D eigenvalue weighted by Gasteiger charge is 2.60. The van der Waals surface area contributed by atoms with Gasteiger partial charge in [0, 0.05) is 22.0 Å². The zero-order valence-electron chi connectivity index (χ0n) is 19.0. The van der Waals surface area contributed by atoms with Crippen LogP contribution < -0.4 is 11.5 Å². The molecule has 2 aliphatic rings. The van der Waals surface area contributed by atoms with Gasteiger partial charge in [-0.3, -0.25) is 19.4 Å². The Bertz CT molecular complexity index is 821. The SMILES string of the molecule is NCCCCN1C(=O)N(CCCCN)C(=O)C(Cc2cc(Br)cc(Br)c2)(C2CCCC2)C1=O. The van der Waals surface area contributed by atoms with Crippen LogP contribution in [0, 0.1) is 11.3 Å². The van der Waals surface area contributed by atoms with Gasteiger partial charge in [0.05, 0.1) is 0 Å². The number of nitrogens with zero attached hydrogens (tertiary/aromatic N) is 2. The van der Waals surface area contributed by atoms with Crippen molar-refractivity contribution in [3.63, 3.8) is 0 Å². The maximum atomic E-state index is 14.1. The average molecular weight is 586 g/mol. The average Bonchev–Trinajstić information content (AvgIpc) is 3.31. The van der Waals surface area contributed by atoms with Crippen molar-refractivity contribution in [3.05, 3.63) is 32.7 Å². The highest BCUT2D eigenvalue weighted by Crippen LogP contribution is 2.47. The maximum absolute atomic E-state index is 14.1. The van der Waals surface area contributed by atoms with Crippen LogP contribution in [0.25, 0.3) is 0 Å². The van der Waals surface area contributed by atoms with E-state index in [0.717, 1.165) is 40.2 Å². The van der Waals surface area contributed by atoms with Gasteiger partial charge in [-0.25, -0.2) is 4.79 Å². The number of imide groups is 2. The van der Waals surface area contributed by atoms with E-state index in [1.54, 1.807) is 0 Å². The highest BCUT2D eigenvalue weighted by molar-refractivity contribution is 9.11. The molecule has 1 saturated heterocycles. The fourth-order valence-corrected chi connectivity index (χ4v) is 6.60. The molecule has 0 unspecified atom stereocenters. The molecule has 0 bridgehead atoms. The summed E-state index contributed by atoms with van der Waals surface area (Å²) in [5, 5.41) is 0. The van der Waals surface area contributed by atoms with Crippen molar-refractivity contribution in [1.29, 1.82) is 0 Å². The number of hydrogen-bond donors (Lipinski definition) is 2. The number of carbonyl (C=O) groups is 3. The minimum absolute atomic E-state index is 0.0858. The lowest BCUT2D eigenvalue weighted by molar-refractivity contribution is -0.163. The summed E-state index contributed by atoms with van der Waals surface area (Å²) in [5.74, 6) is -0.766. The summed E-state index contributed by atoms with van der Waals surface area (Å²) in [7, 11) is 0. The van der Waals surface area contributed by atoms with Gasteiger partial charge < -0.3 is 11.5 Å². The molecule has 3 rings (SSSR count). The summed E-state index contributed by atoms with van der Waals surface area (Å²) >= 11 is 7.06. The lowest BCUT2D eigenvalue weighted by Gasteiger charge is -2.47. The normalized spacial score (nSPS) is 19.1. The fraction of sp³-hybridized carbons (Fsp3) is 0.625. The summed E-state index contributed by atoms with van der Waals surface area (Å²) in [6, 6.07) is 5.34. The fourth-order valence-electron chi connectivity index (χ4n) is 5.21. The van der Waals surface area contributed by atoms with Crippen molar-refractivity contribution in [2.45, 2.75) is 57.8 Å². The first-order chi connectivity index (χ1) is 15.8. The molecule has 0 aromatic heterocycles. The quantitative estimate of drug-likeness (QED) is 0.299. The van der Waals surface area contributed by atoms with E-state index in [2.05, 4.69) is 31.9 Å². The Morgan fingerprint density at radius 1 is 0.818 bits per heavy atom. The van der Waals surface area contributed by atoms with Gasteiger partial charge in [0.2, 0.25) is 11.8 Å². The third-order valence-electron chi connectivity index (χ3n) is 6.84. The summed E-state index contributed by atoms with van der Waals surface area (Å²) in [5.41, 5.74) is 10.9. The van der Waals surface area contributed by atoms with E-state index < -0.39 is 11.4 Å². The van der Waals surface area contributed by atoms with Crippen LogP contribution in [0.3, 0.4) is 0 Å². The van der Waals surface area contributed by atoms with E-state index in [-0.39, 0.29) is 37.2 Å². The molecule has 1 aliphatic carbocycles. The minimum Gasteiger partial charge on any atom is -0.330 e. The van der Waals surface area contributed by atoms with Crippen LogP contribution in [0.5, 0.6) is 0 Å². The largest absolute Gasteiger partial charge is 0.333 e. The zero-order valence-corrected chi connectivity index (χ0v) is 22.2. The number of nitrogens with two attached hydrogens (primary N) is 2. The molecule has 1 aliphatic heterocycles. The second-order valence-corrected chi connectivity index (χ2v) is 10.9. The predicted octanol–water partition coefficient (Wildman–Crippen LogP) is 4.20. The van der Waals surface area contributed by atoms with Crippen LogP contribution in [-0.4, -0.2) is 53.8 Å². The smallest absolute Gasteiger partial charge is 0.330 e. The van der Waals surface area contributed by atoms with E-state index in [4.69, 9.17) is 11.5 Å². The summed E-state index contributed by atoms with van der Waals surface area (Å²) < 4.78 is 1.75. The third kappa shape index (κ3) is 5.69. The van der Waals surface area contributed by atoms with E-state index in [1.807, 2.05) is 18.2 Å². The molecule has 0 atom stereocenters.